The van der Waals surface area contributed by atoms with Gasteiger partial charge in [0, 0.05) is 13.5 Å². The van der Waals surface area contributed by atoms with Gasteiger partial charge in [-0.3, -0.25) is 24.6 Å². The number of hydrogen-bond acceptors (Lipinski definition) is 7. The van der Waals surface area contributed by atoms with Gasteiger partial charge < -0.3 is 20.1 Å². The molecule has 2 heterocycles. The Morgan fingerprint density at radius 2 is 1.96 bits per heavy atom. The third-order valence-electron chi connectivity index (χ3n) is 4.04. The van der Waals surface area contributed by atoms with E-state index in [0.717, 1.165) is 0 Å². The van der Waals surface area contributed by atoms with Crippen molar-refractivity contribution in [2.75, 3.05) is 19.7 Å². The van der Waals surface area contributed by atoms with Crippen LogP contribution in [0, 0.1) is 0 Å². The Morgan fingerprint density at radius 3 is 2.54 bits per heavy atom. The molecule has 0 aliphatic carbocycles. The number of rotatable bonds is 6. The summed E-state index contributed by atoms with van der Waals surface area (Å²) in [7, 11) is 0. The van der Waals surface area contributed by atoms with E-state index in [-0.39, 0.29) is 12.5 Å². The molecule has 2 aliphatic heterocycles. The van der Waals surface area contributed by atoms with Crippen LogP contribution in [0.3, 0.4) is 0 Å². The molecule has 2 aliphatic rings. The number of esters is 1. The molecule has 4 amide bonds. The van der Waals surface area contributed by atoms with Gasteiger partial charge in [-0.25, -0.2) is 9.80 Å². The summed E-state index contributed by atoms with van der Waals surface area (Å²) < 4.78 is 9.74. The van der Waals surface area contributed by atoms with Gasteiger partial charge in [0.15, 0.2) is 12.2 Å². The average Bonchev–Trinajstić information content (AvgIpc) is 3.20. The standard InChI is InChI=1S/C15H22N4O7/c1-3-25-15(24)12-11(26-12)14(23)19(7-10(16)21)17-13(22)9-5-4-6-18(9)8(2)20/h9,11-12H,3-7H2,1-2H3,(H2,16,21)(H,17,22). The fourth-order valence-electron chi connectivity index (χ4n) is 2.81. The number of hydrogen-bond donors (Lipinski definition) is 2. The van der Waals surface area contributed by atoms with E-state index in [4.69, 9.17) is 15.2 Å². The number of nitrogens with two attached hydrogens (primary N) is 1. The van der Waals surface area contributed by atoms with Gasteiger partial charge in [-0.05, 0) is 19.8 Å². The summed E-state index contributed by atoms with van der Waals surface area (Å²) in [5, 5.41) is 0.713. The van der Waals surface area contributed by atoms with Gasteiger partial charge in [-0.15, -0.1) is 0 Å². The predicted octanol–water partition coefficient (Wildman–Crippen LogP) is -2.33. The zero-order chi connectivity index (χ0) is 19.4. The van der Waals surface area contributed by atoms with Crippen LogP contribution in [-0.4, -0.2) is 77.5 Å². The Kier molecular flexibility index (Phi) is 6.14. The number of primary amides is 1. The Morgan fingerprint density at radius 1 is 1.27 bits per heavy atom. The van der Waals surface area contributed by atoms with E-state index < -0.39 is 48.5 Å². The highest BCUT2D eigenvalue weighted by molar-refractivity contribution is 5.96. The Bertz CT molecular complexity index is 623. The SMILES string of the molecule is CCOC(=O)C1OC1C(=O)N(CC(N)=O)NC(=O)C1CCCN1C(C)=O. The van der Waals surface area contributed by atoms with Crippen molar-refractivity contribution in [3.63, 3.8) is 0 Å². The number of carbonyl (C=O) groups is 5. The fraction of sp³-hybridized carbons (Fsp3) is 0.667. The molecule has 0 aromatic heterocycles. The van der Waals surface area contributed by atoms with E-state index in [9.17, 15) is 24.0 Å². The minimum Gasteiger partial charge on any atom is -0.464 e. The monoisotopic (exact) mass is 370 g/mol. The molecule has 0 aromatic carbocycles. The van der Waals surface area contributed by atoms with E-state index in [1.807, 2.05) is 0 Å². The largest absolute Gasteiger partial charge is 0.464 e. The second-order valence-electron chi connectivity index (χ2n) is 5.97. The van der Waals surface area contributed by atoms with Crippen LogP contribution in [0.4, 0.5) is 0 Å². The van der Waals surface area contributed by atoms with E-state index in [2.05, 4.69) is 5.43 Å². The molecule has 2 rings (SSSR count). The van der Waals surface area contributed by atoms with Gasteiger partial charge >= 0.3 is 5.97 Å². The first-order valence-electron chi connectivity index (χ1n) is 8.25. The Hall–Kier alpha value is -2.69. The molecule has 0 spiro atoms. The lowest BCUT2D eigenvalue weighted by molar-refractivity contribution is -0.148. The van der Waals surface area contributed by atoms with E-state index in [0.29, 0.717) is 24.4 Å². The number of hydrazine groups is 1. The first-order valence-corrected chi connectivity index (χ1v) is 8.25. The van der Waals surface area contributed by atoms with Crippen molar-refractivity contribution in [3.05, 3.63) is 0 Å². The van der Waals surface area contributed by atoms with E-state index >= 15 is 0 Å². The van der Waals surface area contributed by atoms with Crippen molar-refractivity contribution in [2.45, 2.75) is 44.9 Å². The number of nitrogens with one attached hydrogen (secondary N) is 1. The molecule has 3 unspecified atom stereocenters. The molecule has 0 bridgehead atoms. The number of carbonyl (C=O) groups excluding carboxylic acids is 5. The third kappa shape index (κ3) is 4.48. The summed E-state index contributed by atoms with van der Waals surface area (Å²) in [5.41, 5.74) is 7.42. The van der Waals surface area contributed by atoms with Crippen molar-refractivity contribution in [2.24, 2.45) is 5.73 Å². The van der Waals surface area contributed by atoms with Crippen LogP contribution in [0.25, 0.3) is 0 Å². The van der Waals surface area contributed by atoms with E-state index in [1.54, 1.807) is 6.92 Å². The van der Waals surface area contributed by atoms with Gasteiger partial charge in [0.2, 0.25) is 11.8 Å². The molecule has 11 nitrogen and oxygen atoms in total. The summed E-state index contributed by atoms with van der Waals surface area (Å²) >= 11 is 0. The normalized spacial score (nSPS) is 23.9. The van der Waals surface area contributed by atoms with Crippen LogP contribution < -0.4 is 11.2 Å². The van der Waals surface area contributed by atoms with Gasteiger partial charge in [0.1, 0.15) is 12.6 Å². The summed E-state index contributed by atoms with van der Waals surface area (Å²) in [6.07, 6.45) is -1.14. The maximum absolute atomic E-state index is 12.4. The molecular weight excluding hydrogens is 348 g/mol. The highest BCUT2D eigenvalue weighted by Gasteiger charge is 2.53. The van der Waals surface area contributed by atoms with Gasteiger partial charge in [-0.1, -0.05) is 0 Å². The molecule has 3 N–H and O–H groups in total. The van der Waals surface area contributed by atoms with Crippen molar-refractivity contribution >= 4 is 29.6 Å². The van der Waals surface area contributed by atoms with Gasteiger partial charge in [-0.2, -0.15) is 0 Å². The lowest BCUT2D eigenvalue weighted by Crippen LogP contribution is -2.56. The molecule has 26 heavy (non-hydrogen) atoms. The van der Waals surface area contributed by atoms with Crippen molar-refractivity contribution < 1.29 is 33.4 Å². The summed E-state index contributed by atoms with van der Waals surface area (Å²) in [6, 6.07) is -0.739. The zero-order valence-corrected chi connectivity index (χ0v) is 14.6. The highest BCUT2D eigenvalue weighted by Crippen LogP contribution is 2.25. The molecule has 2 saturated heterocycles. The molecule has 144 valence electrons. The van der Waals surface area contributed by atoms with Crippen LogP contribution in [0.5, 0.6) is 0 Å². The second kappa shape index (κ2) is 8.13. The number of amides is 4. The zero-order valence-electron chi connectivity index (χ0n) is 14.6. The second-order valence-corrected chi connectivity index (χ2v) is 5.97. The number of epoxide rings is 1. The molecule has 0 radical (unpaired) electrons. The third-order valence-corrected chi connectivity index (χ3v) is 4.04. The molecule has 3 atom stereocenters. The first-order chi connectivity index (χ1) is 12.3. The summed E-state index contributed by atoms with van der Waals surface area (Å²) in [5.74, 6) is -3.22. The Labute approximate surface area is 149 Å². The maximum Gasteiger partial charge on any atom is 0.338 e. The highest BCUT2D eigenvalue weighted by atomic mass is 16.6. The Balaban J connectivity index is 2.02. The average molecular weight is 370 g/mol. The number of likely N-dealkylation sites (tertiary alicyclic amines) is 1. The van der Waals surface area contributed by atoms with Gasteiger partial charge in [0.05, 0.1) is 6.61 Å². The molecule has 11 heteroatoms. The van der Waals surface area contributed by atoms with Crippen LogP contribution in [0.2, 0.25) is 0 Å². The van der Waals surface area contributed by atoms with Gasteiger partial charge in [0.25, 0.3) is 11.8 Å². The maximum atomic E-state index is 12.4. The van der Waals surface area contributed by atoms with Crippen molar-refractivity contribution in [1.82, 2.24) is 15.3 Å². The lowest BCUT2D eigenvalue weighted by atomic mass is 10.2. The minimum atomic E-state index is -1.15. The van der Waals surface area contributed by atoms with Crippen LogP contribution in [0.15, 0.2) is 0 Å². The number of ether oxygens (including phenoxy) is 2. The van der Waals surface area contributed by atoms with Crippen LogP contribution in [0.1, 0.15) is 26.7 Å². The molecule has 0 aromatic rings. The fourth-order valence-corrected chi connectivity index (χ4v) is 2.81. The topological polar surface area (TPSA) is 152 Å². The van der Waals surface area contributed by atoms with Crippen LogP contribution in [-0.2, 0) is 33.4 Å². The number of nitrogens with zero attached hydrogens (tertiary/aromatic N) is 2. The smallest absolute Gasteiger partial charge is 0.338 e. The minimum absolute atomic E-state index is 0.129. The molecule has 2 fully saturated rings. The first kappa shape index (κ1) is 19.6. The van der Waals surface area contributed by atoms with Crippen LogP contribution >= 0.6 is 0 Å². The van der Waals surface area contributed by atoms with E-state index in [1.165, 1.54) is 11.8 Å². The molecular formula is C15H22N4O7. The lowest BCUT2D eigenvalue weighted by Gasteiger charge is -2.27. The summed E-state index contributed by atoms with van der Waals surface area (Å²) in [4.78, 5) is 60.6. The van der Waals surface area contributed by atoms with Crippen molar-refractivity contribution in [3.8, 4) is 0 Å². The quantitative estimate of drug-likeness (QED) is 0.302. The summed E-state index contributed by atoms with van der Waals surface area (Å²) in [6.45, 7) is 2.93. The van der Waals surface area contributed by atoms with Crippen molar-refractivity contribution in [1.29, 1.82) is 0 Å². The molecule has 0 saturated carbocycles. The predicted molar refractivity (Wildman–Crippen MR) is 84.8 cm³/mol.